The lowest BCUT2D eigenvalue weighted by Gasteiger charge is -2.18. The summed E-state index contributed by atoms with van der Waals surface area (Å²) >= 11 is 0. The van der Waals surface area contributed by atoms with Gasteiger partial charge in [-0.25, -0.2) is 9.36 Å². The van der Waals surface area contributed by atoms with Gasteiger partial charge in [-0.05, 0) is 31.9 Å². The second-order valence-corrected chi connectivity index (χ2v) is 5.59. The molecule has 1 aliphatic carbocycles. The Hall–Kier alpha value is -2.44. The first kappa shape index (κ1) is 14.5. The number of rotatable bonds is 4. The second-order valence-electron chi connectivity index (χ2n) is 5.59. The van der Waals surface area contributed by atoms with Crippen LogP contribution in [0.5, 0.6) is 0 Å². The van der Waals surface area contributed by atoms with Crippen LogP contribution < -0.4 is 10.9 Å². The molecule has 0 aromatic carbocycles. The summed E-state index contributed by atoms with van der Waals surface area (Å²) in [6.07, 6.45) is 7.68. The van der Waals surface area contributed by atoms with Gasteiger partial charge in [-0.2, -0.15) is 5.10 Å². The van der Waals surface area contributed by atoms with E-state index in [1.807, 2.05) is 0 Å². The molecule has 2 aromatic heterocycles. The summed E-state index contributed by atoms with van der Waals surface area (Å²) in [5.41, 5.74) is -0.301. The van der Waals surface area contributed by atoms with Gasteiger partial charge in [0.25, 0.3) is 5.56 Å². The van der Waals surface area contributed by atoms with E-state index >= 15 is 0 Å². The van der Waals surface area contributed by atoms with E-state index in [0.717, 1.165) is 25.7 Å². The van der Waals surface area contributed by atoms with E-state index in [9.17, 15) is 9.59 Å². The third-order valence-corrected chi connectivity index (χ3v) is 4.00. The molecule has 0 spiro atoms. The molecule has 1 atom stereocenters. The van der Waals surface area contributed by atoms with Crippen molar-refractivity contribution >= 4 is 5.91 Å². The van der Waals surface area contributed by atoms with Gasteiger partial charge in [0.05, 0.1) is 0 Å². The highest BCUT2D eigenvalue weighted by Crippen LogP contribution is 2.18. The topological polar surface area (TPSA) is 81.8 Å². The van der Waals surface area contributed by atoms with E-state index in [2.05, 4.69) is 15.5 Å². The Kier molecular flexibility index (Phi) is 4.04. The Balaban J connectivity index is 1.81. The molecule has 22 heavy (non-hydrogen) atoms. The van der Waals surface area contributed by atoms with Crippen LogP contribution in [0.4, 0.5) is 0 Å². The number of hydrogen-bond acceptors (Lipinski definition) is 4. The first-order valence-corrected chi connectivity index (χ1v) is 7.55. The fourth-order valence-corrected chi connectivity index (χ4v) is 2.72. The maximum atomic E-state index is 12.3. The normalized spacial score (nSPS) is 16.6. The van der Waals surface area contributed by atoms with Gasteiger partial charge in [0.2, 0.25) is 5.91 Å². The SMILES string of the molecule is CC(C(=O)NC1CCCC1)n1nc(-n2cccn2)ccc1=O. The maximum Gasteiger partial charge on any atom is 0.267 e. The van der Waals surface area contributed by atoms with Crippen molar-refractivity contribution in [2.24, 2.45) is 0 Å². The van der Waals surface area contributed by atoms with Crippen molar-refractivity contribution < 1.29 is 4.79 Å². The summed E-state index contributed by atoms with van der Waals surface area (Å²) in [6.45, 7) is 1.69. The summed E-state index contributed by atoms with van der Waals surface area (Å²) in [5.74, 6) is 0.337. The molecule has 1 aliphatic rings. The zero-order valence-electron chi connectivity index (χ0n) is 12.5. The first-order valence-electron chi connectivity index (χ1n) is 7.55. The molecule has 0 bridgehead atoms. The van der Waals surface area contributed by atoms with Crippen LogP contribution in [0.15, 0.2) is 35.4 Å². The summed E-state index contributed by atoms with van der Waals surface area (Å²) in [6, 6.07) is 4.34. The van der Waals surface area contributed by atoms with Crippen molar-refractivity contribution in [1.82, 2.24) is 24.9 Å². The van der Waals surface area contributed by atoms with E-state index in [4.69, 9.17) is 0 Å². The van der Waals surface area contributed by atoms with Crippen molar-refractivity contribution in [3.8, 4) is 5.82 Å². The monoisotopic (exact) mass is 301 g/mol. The third-order valence-electron chi connectivity index (χ3n) is 4.00. The zero-order valence-corrected chi connectivity index (χ0v) is 12.5. The molecule has 7 heteroatoms. The van der Waals surface area contributed by atoms with E-state index in [0.29, 0.717) is 5.82 Å². The summed E-state index contributed by atoms with van der Waals surface area (Å²) in [7, 11) is 0. The largest absolute Gasteiger partial charge is 0.352 e. The predicted octanol–water partition coefficient (Wildman–Crippen LogP) is 1.05. The molecule has 1 saturated carbocycles. The molecule has 7 nitrogen and oxygen atoms in total. The summed E-state index contributed by atoms with van der Waals surface area (Å²) in [5, 5.41) is 11.3. The lowest BCUT2D eigenvalue weighted by atomic mass is 10.2. The van der Waals surface area contributed by atoms with Gasteiger partial charge < -0.3 is 5.32 Å². The van der Waals surface area contributed by atoms with Gasteiger partial charge in [-0.1, -0.05) is 12.8 Å². The summed E-state index contributed by atoms with van der Waals surface area (Å²) < 4.78 is 2.76. The van der Waals surface area contributed by atoms with Crippen molar-refractivity contribution in [3.63, 3.8) is 0 Å². The molecule has 2 aromatic rings. The minimum Gasteiger partial charge on any atom is -0.352 e. The Bertz CT molecular complexity index is 701. The van der Waals surface area contributed by atoms with Gasteiger partial charge in [-0.15, -0.1) is 5.10 Å². The molecular weight excluding hydrogens is 282 g/mol. The van der Waals surface area contributed by atoms with E-state index < -0.39 is 6.04 Å². The van der Waals surface area contributed by atoms with Crippen molar-refractivity contribution in [1.29, 1.82) is 0 Å². The number of carbonyl (C=O) groups excluding carboxylic acids is 1. The van der Waals surface area contributed by atoms with Gasteiger partial charge in [0.1, 0.15) is 6.04 Å². The Morgan fingerprint density at radius 2 is 2.14 bits per heavy atom. The lowest BCUT2D eigenvalue weighted by Crippen LogP contribution is -2.41. The van der Waals surface area contributed by atoms with Crippen LogP contribution in [0.1, 0.15) is 38.6 Å². The number of nitrogens with zero attached hydrogens (tertiary/aromatic N) is 4. The Morgan fingerprint density at radius 1 is 1.36 bits per heavy atom. The number of aromatic nitrogens is 4. The van der Waals surface area contributed by atoms with Crippen LogP contribution in [0.2, 0.25) is 0 Å². The zero-order chi connectivity index (χ0) is 15.5. The molecule has 1 N–H and O–H groups in total. The Morgan fingerprint density at radius 3 is 2.82 bits per heavy atom. The fraction of sp³-hybridized carbons (Fsp3) is 0.467. The van der Waals surface area contributed by atoms with Gasteiger partial charge in [-0.3, -0.25) is 9.59 Å². The van der Waals surface area contributed by atoms with Crippen LogP contribution in [-0.2, 0) is 4.79 Å². The first-order chi connectivity index (χ1) is 10.6. The number of nitrogens with one attached hydrogen (secondary N) is 1. The predicted molar refractivity (Wildman–Crippen MR) is 80.7 cm³/mol. The second kappa shape index (κ2) is 6.13. The molecule has 0 radical (unpaired) electrons. The molecule has 0 aliphatic heterocycles. The fourth-order valence-electron chi connectivity index (χ4n) is 2.72. The minimum absolute atomic E-state index is 0.167. The number of amides is 1. The molecule has 1 fully saturated rings. The molecule has 1 unspecified atom stereocenters. The third kappa shape index (κ3) is 2.93. The van der Waals surface area contributed by atoms with Crippen LogP contribution in [0, 0.1) is 0 Å². The average molecular weight is 301 g/mol. The number of carbonyl (C=O) groups is 1. The van der Waals surface area contributed by atoms with Crippen LogP contribution >= 0.6 is 0 Å². The smallest absolute Gasteiger partial charge is 0.267 e. The van der Waals surface area contributed by atoms with E-state index in [1.54, 1.807) is 36.1 Å². The highest BCUT2D eigenvalue weighted by atomic mass is 16.2. The van der Waals surface area contributed by atoms with Crippen molar-refractivity contribution in [2.45, 2.75) is 44.7 Å². The lowest BCUT2D eigenvalue weighted by molar-refractivity contribution is -0.124. The quantitative estimate of drug-likeness (QED) is 0.915. The van der Waals surface area contributed by atoms with E-state index in [1.165, 1.54) is 10.7 Å². The van der Waals surface area contributed by atoms with E-state index in [-0.39, 0.29) is 17.5 Å². The average Bonchev–Trinajstić information content (AvgIpc) is 3.20. The molecule has 3 rings (SSSR count). The van der Waals surface area contributed by atoms with Crippen molar-refractivity contribution in [2.75, 3.05) is 0 Å². The number of hydrogen-bond donors (Lipinski definition) is 1. The van der Waals surface area contributed by atoms with Crippen LogP contribution in [0.25, 0.3) is 5.82 Å². The van der Waals surface area contributed by atoms with Gasteiger partial charge in [0.15, 0.2) is 5.82 Å². The van der Waals surface area contributed by atoms with Gasteiger partial charge >= 0.3 is 0 Å². The molecule has 116 valence electrons. The van der Waals surface area contributed by atoms with Crippen LogP contribution in [-0.4, -0.2) is 31.5 Å². The van der Waals surface area contributed by atoms with Crippen LogP contribution in [0.3, 0.4) is 0 Å². The highest BCUT2D eigenvalue weighted by molar-refractivity contribution is 5.80. The van der Waals surface area contributed by atoms with Gasteiger partial charge in [0, 0.05) is 24.5 Å². The minimum atomic E-state index is -0.649. The molecule has 2 heterocycles. The Labute approximate surface area is 128 Å². The molecule has 0 saturated heterocycles. The van der Waals surface area contributed by atoms with Crippen molar-refractivity contribution in [3.05, 3.63) is 40.9 Å². The highest BCUT2D eigenvalue weighted by Gasteiger charge is 2.23. The summed E-state index contributed by atoms with van der Waals surface area (Å²) in [4.78, 5) is 24.3. The maximum absolute atomic E-state index is 12.3. The molecule has 1 amide bonds. The standard InChI is InChI=1S/C15H19N5O2/c1-11(15(22)17-12-5-2-3-6-12)20-14(21)8-7-13(18-20)19-10-4-9-16-19/h4,7-12H,2-3,5-6H2,1H3,(H,17,22). The molecular formula is C15H19N5O2.